The second-order valence-corrected chi connectivity index (χ2v) is 4.42. The molecule has 0 saturated carbocycles. The van der Waals surface area contributed by atoms with Gasteiger partial charge in [-0.05, 0) is 30.3 Å². The molecule has 5 nitrogen and oxygen atoms in total. The summed E-state index contributed by atoms with van der Waals surface area (Å²) in [5.41, 5.74) is 0.652. The highest BCUT2D eigenvalue weighted by molar-refractivity contribution is 6.34. The van der Waals surface area contributed by atoms with Crippen LogP contribution in [0.5, 0.6) is 0 Å². The van der Waals surface area contributed by atoms with E-state index < -0.39 is 17.8 Å². The SMILES string of the molecule is COC(=O)c1ccc(Cl)c(NC(=O)c2ccc(F)nc2)c1. The van der Waals surface area contributed by atoms with E-state index in [2.05, 4.69) is 15.0 Å². The fourth-order valence-corrected chi connectivity index (χ4v) is 1.74. The third-order valence-corrected chi connectivity index (χ3v) is 2.95. The standard InChI is InChI=1S/C14H10ClFN2O3/c1-21-14(20)8-2-4-10(15)11(6-8)18-13(19)9-3-5-12(16)17-7-9/h2-7H,1H3,(H,18,19). The molecule has 7 heteroatoms. The Morgan fingerprint density at radius 1 is 1.24 bits per heavy atom. The van der Waals surface area contributed by atoms with Gasteiger partial charge in [-0.2, -0.15) is 4.39 Å². The Labute approximate surface area is 124 Å². The van der Waals surface area contributed by atoms with Crippen molar-refractivity contribution in [3.8, 4) is 0 Å². The summed E-state index contributed by atoms with van der Waals surface area (Å²) in [6.45, 7) is 0. The van der Waals surface area contributed by atoms with Crippen molar-refractivity contribution in [3.05, 3.63) is 58.6 Å². The third kappa shape index (κ3) is 3.55. The molecule has 0 bridgehead atoms. The molecule has 1 amide bonds. The van der Waals surface area contributed by atoms with Crippen molar-refractivity contribution in [3.63, 3.8) is 0 Å². The number of ether oxygens (including phenoxy) is 1. The first-order valence-electron chi connectivity index (χ1n) is 5.82. The van der Waals surface area contributed by atoms with E-state index >= 15 is 0 Å². The summed E-state index contributed by atoms with van der Waals surface area (Å²) in [4.78, 5) is 26.8. The molecule has 2 aromatic rings. The zero-order valence-corrected chi connectivity index (χ0v) is 11.6. The van der Waals surface area contributed by atoms with Gasteiger partial charge in [0.1, 0.15) is 0 Å². The van der Waals surface area contributed by atoms with Gasteiger partial charge in [-0.15, -0.1) is 0 Å². The maximum Gasteiger partial charge on any atom is 0.337 e. The molecule has 0 spiro atoms. The van der Waals surface area contributed by atoms with E-state index in [4.69, 9.17) is 11.6 Å². The molecule has 2 rings (SSSR count). The van der Waals surface area contributed by atoms with E-state index in [9.17, 15) is 14.0 Å². The average molecular weight is 309 g/mol. The maximum absolute atomic E-state index is 12.7. The minimum Gasteiger partial charge on any atom is -0.465 e. The van der Waals surface area contributed by atoms with Crippen LogP contribution >= 0.6 is 11.6 Å². The number of amides is 1. The van der Waals surface area contributed by atoms with E-state index in [1.54, 1.807) is 0 Å². The summed E-state index contributed by atoms with van der Waals surface area (Å²) in [6.07, 6.45) is 1.10. The van der Waals surface area contributed by atoms with E-state index in [1.807, 2.05) is 0 Å². The number of nitrogens with one attached hydrogen (secondary N) is 1. The fourth-order valence-electron chi connectivity index (χ4n) is 1.57. The van der Waals surface area contributed by atoms with Crippen molar-refractivity contribution in [1.82, 2.24) is 4.98 Å². The van der Waals surface area contributed by atoms with Gasteiger partial charge in [0.25, 0.3) is 5.91 Å². The van der Waals surface area contributed by atoms with E-state index in [1.165, 1.54) is 31.4 Å². The molecular formula is C14H10ClFN2O3. The van der Waals surface area contributed by atoms with Crippen molar-refractivity contribution in [2.75, 3.05) is 12.4 Å². The predicted molar refractivity (Wildman–Crippen MR) is 74.9 cm³/mol. The summed E-state index contributed by atoms with van der Waals surface area (Å²) in [5.74, 6) is -1.76. The number of rotatable bonds is 3. The van der Waals surface area contributed by atoms with E-state index in [-0.39, 0.29) is 21.8 Å². The summed E-state index contributed by atoms with van der Waals surface area (Å²) in [7, 11) is 1.25. The molecule has 0 unspecified atom stereocenters. The first-order chi connectivity index (χ1) is 10.0. The summed E-state index contributed by atoms with van der Waals surface area (Å²) >= 11 is 5.96. The van der Waals surface area contributed by atoms with Gasteiger partial charge >= 0.3 is 5.97 Å². The lowest BCUT2D eigenvalue weighted by molar-refractivity contribution is 0.0600. The second-order valence-electron chi connectivity index (χ2n) is 4.01. The topological polar surface area (TPSA) is 68.3 Å². The van der Waals surface area contributed by atoms with Crippen molar-refractivity contribution >= 4 is 29.2 Å². The molecule has 1 aromatic heterocycles. The molecule has 1 N–H and O–H groups in total. The van der Waals surface area contributed by atoms with Gasteiger partial charge < -0.3 is 10.1 Å². The van der Waals surface area contributed by atoms with Gasteiger partial charge in [0.15, 0.2) is 0 Å². The second kappa shape index (κ2) is 6.32. The molecule has 0 atom stereocenters. The fraction of sp³-hybridized carbons (Fsp3) is 0.0714. The lowest BCUT2D eigenvalue weighted by atomic mass is 10.2. The van der Waals surface area contributed by atoms with Crippen molar-refractivity contribution in [1.29, 1.82) is 0 Å². The average Bonchev–Trinajstić information content (AvgIpc) is 2.49. The number of aromatic nitrogens is 1. The Morgan fingerprint density at radius 2 is 1.95 bits per heavy atom. The zero-order valence-electron chi connectivity index (χ0n) is 10.9. The summed E-state index contributed by atoms with van der Waals surface area (Å²) < 4.78 is 17.3. The number of hydrogen-bond donors (Lipinski definition) is 1. The minimum atomic E-state index is -0.683. The number of carbonyl (C=O) groups excluding carboxylic acids is 2. The lowest BCUT2D eigenvalue weighted by Gasteiger charge is -2.08. The predicted octanol–water partition coefficient (Wildman–Crippen LogP) is 2.91. The van der Waals surface area contributed by atoms with Crippen molar-refractivity contribution in [2.45, 2.75) is 0 Å². The normalized spacial score (nSPS) is 10.0. The lowest BCUT2D eigenvalue weighted by Crippen LogP contribution is -2.13. The molecule has 1 aromatic carbocycles. The number of hydrogen-bond acceptors (Lipinski definition) is 4. The Kier molecular flexibility index (Phi) is 4.49. The van der Waals surface area contributed by atoms with Crippen LogP contribution < -0.4 is 5.32 Å². The number of benzene rings is 1. The van der Waals surface area contributed by atoms with Gasteiger partial charge in [-0.25, -0.2) is 9.78 Å². The first kappa shape index (κ1) is 14.9. The van der Waals surface area contributed by atoms with Crippen LogP contribution in [-0.4, -0.2) is 24.0 Å². The largest absolute Gasteiger partial charge is 0.465 e. The Hall–Kier alpha value is -2.47. The number of carbonyl (C=O) groups is 2. The van der Waals surface area contributed by atoms with Crippen molar-refractivity contribution in [2.24, 2.45) is 0 Å². The number of halogens is 2. The zero-order chi connectivity index (χ0) is 15.4. The number of pyridine rings is 1. The number of methoxy groups -OCH3 is 1. The molecule has 0 fully saturated rings. The number of anilines is 1. The Morgan fingerprint density at radius 3 is 2.57 bits per heavy atom. The van der Waals surface area contributed by atoms with Crippen molar-refractivity contribution < 1.29 is 18.7 Å². The maximum atomic E-state index is 12.7. The van der Waals surface area contributed by atoms with Crippen LogP contribution in [0.3, 0.4) is 0 Å². The third-order valence-electron chi connectivity index (χ3n) is 2.63. The first-order valence-corrected chi connectivity index (χ1v) is 6.20. The number of esters is 1. The monoisotopic (exact) mass is 308 g/mol. The van der Waals surface area contributed by atoms with Crippen LogP contribution in [0.25, 0.3) is 0 Å². The number of nitrogens with zero attached hydrogens (tertiary/aromatic N) is 1. The quantitative estimate of drug-likeness (QED) is 0.699. The molecule has 0 aliphatic rings. The molecule has 0 aliphatic carbocycles. The molecule has 1 heterocycles. The van der Waals surface area contributed by atoms with Crippen LogP contribution in [0.15, 0.2) is 36.5 Å². The smallest absolute Gasteiger partial charge is 0.337 e. The summed E-state index contributed by atoms with van der Waals surface area (Å²) in [6, 6.07) is 6.69. The van der Waals surface area contributed by atoms with Gasteiger partial charge in [0.05, 0.1) is 28.9 Å². The highest BCUT2D eigenvalue weighted by Crippen LogP contribution is 2.24. The Bertz CT molecular complexity index is 689. The minimum absolute atomic E-state index is 0.163. The van der Waals surface area contributed by atoms with Gasteiger partial charge in [-0.3, -0.25) is 4.79 Å². The Balaban J connectivity index is 2.24. The molecule has 0 saturated heterocycles. The van der Waals surface area contributed by atoms with Crippen LogP contribution in [0.1, 0.15) is 20.7 Å². The molecule has 108 valence electrons. The van der Waals surface area contributed by atoms with Crippen LogP contribution in [-0.2, 0) is 4.74 Å². The molecule has 0 aliphatic heterocycles. The van der Waals surface area contributed by atoms with Crippen LogP contribution in [0, 0.1) is 5.95 Å². The molecular weight excluding hydrogens is 299 g/mol. The van der Waals surface area contributed by atoms with Gasteiger partial charge in [0.2, 0.25) is 5.95 Å². The van der Waals surface area contributed by atoms with Gasteiger partial charge in [0, 0.05) is 6.20 Å². The van der Waals surface area contributed by atoms with E-state index in [0.29, 0.717) is 0 Å². The van der Waals surface area contributed by atoms with Gasteiger partial charge in [-0.1, -0.05) is 11.6 Å². The highest BCUT2D eigenvalue weighted by Gasteiger charge is 2.12. The van der Waals surface area contributed by atoms with Crippen LogP contribution in [0.2, 0.25) is 5.02 Å². The highest BCUT2D eigenvalue weighted by atomic mass is 35.5. The van der Waals surface area contributed by atoms with Crippen LogP contribution in [0.4, 0.5) is 10.1 Å². The van der Waals surface area contributed by atoms with E-state index in [0.717, 1.165) is 12.3 Å². The molecule has 0 radical (unpaired) electrons. The summed E-state index contributed by atoms with van der Waals surface area (Å²) in [5, 5.41) is 2.78. The molecule has 21 heavy (non-hydrogen) atoms.